The molecule has 450 valence electrons. The number of benzene rings is 4. The Morgan fingerprint density at radius 2 is 1.29 bits per heavy atom. The van der Waals surface area contributed by atoms with Gasteiger partial charge < -0.3 is 28.6 Å². The van der Waals surface area contributed by atoms with Gasteiger partial charge in [-0.05, 0) is 232 Å². The van der Waals surface area contributed by atoms with E-state index in [-0.39, 0.29) is 23.5 Å². The van der Waals surface area contributed by atoms with E-state index in [0.29, 0.717) is 91.7 Å². The molecule has 0 saturated carbocycles. The van der Waals surface area contributed by atoms with Crippen molar-refractivity contribution in [1.82, 2.24) is 19.8 Å². The number of nitrogens with one attached hydrogen (secondary N) is 1. The lowest BCUT2D eigenvalue weighted by Crippen LogP contribution is -2.39. The Bertz CT molecular complexity index is 3170. The maximum atomic E-state index is 13.9. The highest BCUT2D eigenvalue weighted by molar-refractivity contribution is 9.10. The van der Waals surface area contributed by atoms with Crippen LogP contribution < -0.4 is 19.7 Å². The highest BCUT2D eigenvalue weighted by Gasteiger charge is 2.30. The van der Waals surface area contributed by atoms with Gasteiger partial charge in [0.1, 0.15) is 22.9 Å². The van der Waals surface area contributed by atoms with Gasteiger partial charge in [-0.2, -0.15) is 0 Å². The maximum absolute atomic E-state index is 13.9. The predicted molar refractivity (Wildman–Crippen MR) is 337 cm³/mol. The maximum Gasteiger partial charge on any atom is 0.358 e. The van der Waals surface area contributed by atoms with Crippen LogP contribution in [0.5, 0.6) is 11.5 Å². The normalized spacial score (nSPS) is 16.0. The molecule has 0 spiro atoms. The molecule has 4 aromatic carbocycles. The number of thiazole rings is 1. The van der Waals surface area contributed by atoms with Crippen molar-refractivity contribution in [3.8, 4) is 22.6 Å². The molecule has 1 N–H and O–H groups in total. The summed E-state index contributed by atoms with van der Waals surface area (Å²) < 4.78 is 30.4. The molecule has 1 amide bonds. The van der Waals surface area contributed by atoms with Crippen LogP contribution in [0.3, 0.4) is 0 Å². The third-order valence-corrected chi connectivity index (χ3v) is 18.2. The average Bonchev–Trinajstić information content (AvgIpc) is 1.98. The molecular formula is C67H85BrN6O9S. The van der Waals surface area contributed by atoms with E-state index >= 15 is 0 Å². The summed E-state index contributed by atoms with van der Waals surface area (Å²) in [6, 6.07) is 29.7. The van der Waals surface area contributed by atoms with Crippen LogP contribution in [0.4, 0.5) is 10.9 Å². The van der Waals surface area contributed by atoms with E-state index in [2.05, 4.69) is 73.8 Å². The molecule has 9 rings (SSSR count). The van der Waals surface area contributed by atoms with Crippen molar-refractivity contribution in [2.45, 2.75) is 119 Å². The topological polar surface area (TPSA) is 162 Å². The van der Waals surface area contributed by atoms with E-state index in [9.17, 15) is 19.2 Å². The second-order valence-corrected chi connectivity index (χ2v) is 25.5. The van der Waals surface area contributed by atoms with Gasteiger partial charge in [0.05, 0.1) is 49.7 Å². The fourth-order valence-electron chi connectivity index (χ4n) is 11.5. The molecule has 2 saturated heterocycles. The van der Waals surface area contributed by atoms with E-state index < -0.39 is 11.6 Å². The first-order chi connectivity index (χ1) is 40.3. The number of carbonyl (C=O) groups is 4. The minimum absolute atomic E-state index is 0.104. The Morgan fingerprint density at radius 1 is 0.702 bits per heavy atom. The summed E-state index contributed by atoms with van der Waals surface area (Å²) in [6.45, 7) is 25.9. The third-order valence-electron chi connectivity index (χ3n) is 16.3. The number of fused-ring (bicyclic) bond motifs is 2. The molecule has 0 bridgehead atoms. The second-order valence-electron chi connectivity index (χ2n) is 23.6. The smallest absolute Gasteiger partial charge is 0.358 e. The SMILES string of the molecule is CCOC(=O)CN1CCC(C(C)CCOc2ccc(-c3ccc(N4CCc5cccc(C(=O)Nc6nc7ccccc7s6)c5C4)nc3C(=O)OC(C)(C)C)c(C)c2)CC1.CCOC(=O)CN1CCC(C(C)CCOc2ccc(Br)c(C)c2)CC1. The van der Waals surface area contributed by atoms with E-state index in [4.69, 9.17) is 28.7 Å². The van der Waals surface area contributed by atoms with E-state index in [1.165, 1.54) is 16.9 Å². The molecule has 2 fully saturated rings. The van der Waals surface area contributed by atoms with Crippen molar-refractivity contribution in [2.24, 2.45) is 23.7 Å². The molecule has 5 heterocycles. The zero-order valence-electron chi connectivity index (χ0n) is 50.6. The van der Waals surface area contributed by atoms with Crippen molar-refractivity contribution in [2.75, 3.05) is 82.5 Å². The number of hydrogen-bond donors (Lipinski definition) is 1. The first kappa shape index (κ1) is 63.6. The molecule has 84 heavy (non-hydrogen) atoms. The van der Waals surface area contributed by atoms with Gasteiger partial charge in [0.2, 0.25) is 0 Å². The molecule has 17 heteroatoms. The van der Waals surface area contributed by atoms with Crippen LogP contribution in [0.15, 0.2) is 95.5 Å². The van der Waals surface area contributed by atoms with Gasteiger partial charge in [0, 0.05) is 28.7 Å². The molecule has 2 aromatic heterocycles. The predicted octanol–water partition coefficient (Wildman–Crippen LogP) is 13.6. The van der Waals surface area contributed by atoms with Crippen molar-refractivity contribution in [3.63, 3.8) is 0 Å². The number of aryl methyl sites for hydroxylation is 2. The molecule has 6 aromatic rings. The number of likely N-dealkylation sites (tertiary alicyclic amines) is 2. The molecule has 0 radical (unpaired) electrons. The Hall–Kier alpha value is -6.40. The molecular weight excluding hydrogens is 1140 g/mol. The van der Waals surface area contributed by atoms with Crippen LogP contribution in [0, 0.1) is 37.5 Å². The number of esters is 3. The summed E-state index contributed by atoms with van der Waals surface area (Å²) in [7, 11) is 0. The van der Waals surface area contributed by atoms with Gasteiger partial charge in [-0.15, -0.1) is 0 Å². The number of piperidine rings is 2. The van der Waals surface area contributed by atoms with Crippen molar-refractivity contribution in [1.29, 1.82) is 0 Å². The summed E-state index contributed by atoms with van der Waals surface area (Å²) in [5, 5.41) is 3.58. The van der Waals surface area contributed by atoms with Gasteiger partial charge in [0.15, 0.2) is 10.8 Å². The summed E-state index contributed by atoms with van der Waals surface area (Å²) in [6.07, 6.45) is 7.16. The number of ether oxygens (including phenoxy) is 5. The highest BCUT2D eigenvalue weighted by atomic mass is 79.9. The third kappa shape index (κ3) is 17.8. The van der Waals surface area contributed by atoms with Crippen molar-refractivity contribution in [3.05, 3.63) is 129 Å². The minimum atomic E-state index is -0.717. The number of aromatic nitrogens is 2. The second kappa shape index (κ2) is 30.1. The number of hydrogen-bond acceptors (Lipinski definition) is 15. The van der Waals surface area contributed by atoms with Crippen molar-refractivity contribution >= 4 is 72.2 Å². The quantitative estimate of drug-likeness (QED) is 0.0535. The molecule has 3 aliphatic rings. The fourth-order valence-corrected chi connectivity index (χ4v) is 12.6. The number of pyridine rings is 1. The zero-order chi connectivity index (χ0) is 59.9. The van der Waals surface area contributed by atoms with E-state index in [0.717, 1.165) is 126 Å². The number of para-hydroxylation sites is 1. The number of amides is 1. The van der Waals surface area contributed by atoms with Crippen LogP contribution in [-0.4, -0.2) is 121 Å². The molecule has 15 nitrogen and oxygen atoms in total. The van der Waals surface area contributed by atoms with Crippen LogP contribution in [-0.2, 0) is 36.8 Å². The number of anilines is 2. The first-order valence-electron chi connectivity index (χ1n) is 30.0. The number of nitrogens with zero attached hydrogens (tertiary/aromatic N) is 5. The van der Waals surface area contributed by atoms with Crippen LogP contribution >= 0.6 is 27.3 Å². The Morgan fingerprint density at radius 3 is 1.86 bits per heavy atom. The standard InChI is InChI=1S/C47H55N5O6S.C20H30BrNO3/c1-7-56-42(53)29-51-23-19-32(20-24-51)30(2)22-26-57-34-15-16-35(31(3)27-34)36-17-18-41(49-43(36)45(55)58-47(4,5)6)52-25-21-33-11-10-12-37(38(33)28-52)44(54)50-46-48-39-13-8-9-14-40(39)59-46;1-4-24-20(23)14-22-10-7-17(8-11-22)15(2)9-12-25-18-5-6-19(21)16(3)13-18/h8-18,27,30,32H,7,19-26,28-29H2,1-6H3,(H,48,50,54);5-6,13,15,17H,4,7-12,14H2,1-3H3. The largest absolute Gasteiger partial charge is 0.494 e. The number of halogens is 1. The highest BCUT2D eigenvalue weighted by Crippen LogP contribution is 2.36. The van der Waals surface area contributed by atoms with Gasteiger partial charge in [-0.3, -0.25) is 29.5 Å². The lowest BCUT2D eigenvalue weighted by molar-refractivity contribution is -0.145. The molecule has 2 unspecified atom stereocenters. The minimum Gasteiger partial charge on any atom is -0.494 e. The van der Waals surface area contributed by atoms with Crippen LogP contribution in [0.1, 0.15) is 130 Å². The molecule has 3 aliphatic heterocycles. The van der Waals surface area contributed by atoms with E-state index in [1.54, 1.807) is 0 Å². The zero-order valence-corrected chi connectivity index (χ0v) is 53.0. The fraction of sp³-hybridized carbons (Fsp3) is 0.493. The Kier molecular flexibility index (Phi) is 22.8. The van der Waals surface area contributed by atoms with Gasteiger partial charge in [0.25, 0.3) is 5.91 Å². The first-order valence-corrected chi connectivity index (χ1v) is 31.6. The summed E-state index contributed by atoms with van der Waals surface area (Å²) >= 11 is 4.96. The Labute approximate surface area is 509 Å². The van der Waals surface area contributed by atoms with Crippen molar-refractivity contribution < 1.29 is 42.9 Å². The summed E-state index contributed by atoms with van der Waals surface area (Å²) in [5.74, 6) is 3.86. The lowest BCUT2D eigenvalue weighted by atomic mass is 9.84. The number of rotatable bonds is 21. The van der Waals surface area contributed by atoms with Gasteiger partial charge in [-0.1, -0.05) is 71.4 Å². The molecule has 2 atom stereocenters. The lowest BCUT2D eigenvalue weighted by Gasteiger charge is -2.34. The van der Waals surface area contributed by atoms with Gasteiger partial charge >= 0.3 is 17.9 Å². The van der Waals surface area contributed by atoms with Gasteiger partial charge in [-0.25, -0.2) is 14.8 Å². The molecule has 0 aliphatic carbocycles. The van der Waals surface area contributed by atoms with Crippen LogP contribution in [0.25, 0.3) is 21.3 Å². The average molecular weight is 1230 g/mol. The van der Waals surface area contributed by atoms with E-state index in [1.807, 2.05) is 120 Å². The summed E-state index contributed by atoms with van der Waals surface area (Å²) in [4.78, 5) is 67.1. The monoisotopic (exact) mass is 1230 g/mol. The summed E-state index contributed by atoms with van der Waals surface area (Å²) in [5.41, 5.74) is 6.72. The number of carbonyl (C=O) groups excluding carboxylic acids is 4. The Balaban J connectivity index is 0.000000307. The van der Waals surface area contributed by atoms with Crippen LogP contribution in [0.2, 0.25) is 0 Å².